The first-order valence-electron chi connectivity index (χ1n) is 8.19. The van der Waals surface area contributed by atoms with Crippen LogP contribution >= 0.6 is 35.6 Å². The van der Waals surface area contributed by atoms with Gasteiger partial charge in [0.05, 0.1) is 18.5 Å². The molecule has 0 saturated carbocycles. The van der Waals surface area contributed by atoms with E-state index in [1.54, 1.807) is 12.1 Å². The molecule has 0 aliphatic rings. The molecule has 27 heavy (non-hydrogen) atoms. The lowest BCUT2D eigenvalue weighted by Gasteiger charge is -2.14. The second-order valence-corrected chi connectivity index (χ2v) is 7.89. The first kappa shape index (κ1) is 23.5. The molecule has 0 aliphatic carbocycles. The molecule has 6 nitrogen and oxygen atoms in total. The number of hydrogen-bond acceptors (Lipinski definition) is 3. The minimum atomic E-state index is -3.33. The van der Waals surface area contributed by atoms with Crippen molar-refractivity contribution in [1.82, 2.24) is 10.6 Å². The Kier molecular flexibility index (Phi) is 9.89. The second kappa shape index (κ2) is 11.4. The first-order valence-corrected chi connectivity index (χ1v) is 10.5. The van der Waals surface area contributed by atoms with Gasteiger partial charge in [-0.2, -0.15) is 0 Å². The number of para-hydroxylation sites is 1. The minimum absolute atomic E-state index is 0. The highest BCUT2D eigenvalue weighted by molar-refractivity contribution is 14.0. The molecule has 0 aliphatic heterocycles. The highest BCUT2D eigenvalue weighted by Crippen LogP contribution is 2.16. The van der Waals surface area contributed by atoms with Crippen LogP contribution in [-0.2, 0) is 23.1 Å². The van der Waals surface area contributed by atoms with Crippen molar-refractivity contribution in [3.05, 3.63) is 64.7 Å². The van der Waals surface area contributed by atoms with E-state index in [2.05, 4.69) is 20.3 Å². The van der Waals surface area contributed by atoms with E-state index in [0.29, 0.717) is 36.3 Å². The SMILES string of the molecule is CCNC(=NCc1cccc(Cl)c1)NCc1ccccc1NS(C)(=O)=O.I. The van der Waals surface area contributed by atoms with E-state index in [4.69, 9.17) is 11.6 Å². The standard InChI is InChI=1S/C18H23ClN4O2S.HI/c1-3-20-18(21-12-14-7-6-9-16(19)11-14)22-13-15-8-4-5-10-17(15)23-26(2,24)25;/h4-11,23H,3,12-13H2,1-2H3,(H2,20,21,22);1H. The summed E-state index contributed by atoms with van der Waals surface area (Å²) in [6, 6.07) is 14.8. The van der Waals surface area contributed by atoms with Crippen molar-refractivity contribution >= 4 is 57.2 Å². The number of guanidine groups is 1. The van der Waals surface area contributed by atoms with Crippen LogP contribution in [-0.4, -0.2) is 27.2 Å². The zero-order valence-corrected chi connectivity index (χ0v) is 19.1. The molecule has 0 aromatic heterocycles. The van der Waals surface area contributed by atoms with Crippen LogP contribution in [0.25, 0.3) is 0 Å². The molecule has 0 bridgehead atoms. The summed E-state index contributed by atoms with van der Waals surface area (Å²) in [5.41, 5.74) is 2.38. The molecule has 2 aromatic rings. The van der Waals surface area contributed by atoms with Gasteiger partial charge in [0, 0.05) is 18.1 Å². The maximum absolute atomic E-state index is 11.5. The summed E-state index contributed by atoms with van der Waals surface area (Å²) >= 11 is 6.00. The van der Waals surface area contributed by atoms with Crippen molar-refractivity contribution in [2.75, 3.05) is 17.5 Å². The maximum Gasteiger partial charge on any atom is 0.229 e. The molecule has 0 amide bonds. The van der Waals surface area contributed by atoms with Crippen molar-refractivity contribution in [3.63, 3.8) is 0 Å². The van der Waals surface area contributed by atoms with Crippen LogP contribution < -0.4 is 15.4 Å². The highest BCUT2D eigenvalue weighted by atomic mass is 127. The fourth-order valence-electron chi connectivity index (χ4n) is 2.30. The average Bonchev–Trinajstić information content (AvgIpc) is 2.57. The predicted molar refractivity (Wildman–Crippen MR) is 123 cm³/mol. The molecule has 9 heteroatoms. The number of nitrogens with one attached hydrogen (secondary N) is 3. The largest absolute Gasteiger partial charge is 0.357 e. The van der Waals surface area contributed by atoms with Gasteiger partial charge in [-0.25, -0.2) is 13.4 Å². The smallest absolute Gasteiger partial charge is 0.229 e. The quantitative estimate of drug-likeness (QED) is 0.295. The minimum Gasteiger partial charge on any atom is -0.357 e. The fraction of sp³-hybridized carbons (Fsp3) is 0.278. The topological polar surface area (TPSA) is 82.6 Å². The summed E-state index contributed by atoms with van der Waals surface area (Å²) in [5.74, 6) is 0.640. The van der Waals surface area contributed by atoms with Crippen LogP contribution in [0.2, 0.25) is 5.02 Å². The van der Waals surface area contributed by atoms with Crippen LogP contribution in [0.5, 0.6) is 0 Å². The summed E-state index contributed by atoms with van der Waals surface area (Å²) in [6.07, 6.45) is 1.13. The Balaban J connectivity index is 0.00000364. The van der Waals surface area contributed by atoms with E-state index in [1.165, 1.54) is 0 Å². The summed E-state index contributed by atoms with van der Waals surface area (Å²) in [4.78, 5) is 4.54. The molecule has 0 atom stereocenters. The molecule has 0 radical (unpaired) electrons. The van der Waals surface area contributed by atoms with Gasteiger partial charge in [-0.15, -0.1) is 24.0 Å². The van der Waals surface area contributed by atoms with E-state index in [1.807, 2.05) is 43.3 Å². The Hall–Kier alpha value is -1.52. The number of nitrogens with zero attached hydrogens (tertiary/aromatic N) is 1. The highest BCUT2D eigenvalue weighted by Gasteiger charge is 2.07. The fourth-order valence-corrected chi connectivity index (χ4v) is 3.11. The molecule has 0 fully saturated rings. The van der Waals surface area contributed by atoms with Crippen LogP contribution in [0, 0.1) is 0 Å². The van der Waals surface area contributed by atoms with Crippen molar-refractivity contribution in [3.8, 4) is 0 Å². The zero-order chi connectivity index (χ0) is 19.0. The number of sulfonamides is 1. The Morgan fingerprint density at radius 3 is 2.52 bits per heavy atom. The third kappa shape index (κ3) is 8.81. The molecule has 2 rings (SSSR count). The Morgan fingerprint density at radius 2 is 1.85 bits per heavy atom. The van der Waals surface area contributed by atoms with Gasteiger partial charge >= 0.3 is 0 Å². The second-order valence-electron chi connectivity index (χ2n) is 5.71. The Morgan fingerprint density at radius 1 is 1.11 bits per heavy atom. The number of rotatable bonds is 7. The van der Waals surface area contributed by atoms with Crippen molar-refractivity contribution in [1.29, 1.82) is 0 Å². The van der Waals surface area contributed by atoms with Gasteiger partial charge in [0.2, 0.25) is 10.0 Å². The molecule has 0 spiro atoms. The predicted octanol–water partition coefficient (Wildman–Crippen LogP) is 3.58. The molecular weight excluding hydrogens is 499 g/mol. The van der Waals surface area contributed by atoms with Gasteiger partial charge in [0.1, 0.15) is 0 Å². The molecule has 148 valence electrons. The van der Waals surface area contributed by atoms with Crippen molar-refractivity contribution < 1.29 is 8.42 Å². The zero-order valence-electron chi connectivity index (χ0n) is 15.2. The number of halogens is 2. The summed E-state index contributed by atoms with van der Waals surface area (Å²) in [6.45, 7) is 3.61. The number of hydrogen-bond donors (Lipinski definition) is 3. The van der Waals surface area contributed by atoms with Gasteiger partial charge in [0.25, 0.3) is 0 Å². The average molecular weight is 523 g/mol. The number of aliphatic imine (C=N–C) groups is 1. The van der Waals surface area contributed by atoms with Gasteiger partial charge in [-0.1, -0.05) is 41.9 Å². The normalized spacial score (nSPS) is 11.4. The first-order chi connectivity index (χ1) is 12.4. The van der Waals surface area contributed by atoms with E-state index in [-0.39, 0.29) is 24.0 Å². The third-order valence-electron chi connectivity index (χ3n) is 3.41. The van der Waals surface area contributed by atoms with Crippen LogP contribution in [0.3, 0.4) is 0 Å². The van der Waals surface area contributed by atoms with Crippen LogP contribution in [0.1, 0.15) is 18.1 Å². The summed E-state index contributed by atoms with van der Waals surface area (Å²) in [5, 5.41) is 7.07. The van der Waals surface area contributed by atoms with Gasteiger partial charge < -0.3 is 10.6 Å². The number of benzene rings is 2. The van der Waals surface area contributed by atoms with E-state index >= 15 is 0 Å². The summed E-state index contributed by atoms with van der Waals surface area (Å²) < 4.78 is 25.5. The van der Waals surface area contributed by atoms with Crippen molar-refractivity contribution in [2.45, 2.75) is 20.0 Å². The maximum atomic E-state index is 11.5. The lowest BCUT2D eigenvalue weighted by atomic mass is 10.2. The van der Waals surface area contributed by atoms with E-state index in [9.17, 15) is 8.42 Å². The van der Waals surface area contributed by atoms with E-state index in [0.717, 1.165) is 17.4 Å². The Bertz CT molecular complexity index is 875. The lowest BCUT2D eigenvalue weighted by molar-refractivity contribution is 0.606. The molecule has 0 saturated heterocycles. The number of anilines is 1. The molecule has 0 heterocycles. The van der Waals surface area contributed by atoms with Crippen molar-refractivity contribution in [2.24, 2.45) is 4.99 Å². The van der Waals surface area contributed by atoms with Gasteiger partial charge in [-0.05, 0) is 36.2 Å². The molecule has 3 N–H and O–H groups in total. The van der Waals surface area contributed by atoms with Gasteiger partial charge in [-0.3, -0.25) is 4.72 Å². The summed E-state index contributed by atoms with van der Waals surface area (Å²) in [7, 11) is -3.33. The molecular formula is C18H24ClIN4O2S. The lowest BCUT2D eigenvalue weighted by Crippen LogP contribution is -2.37. The molecule has 2 aromatic carbocycles. The van der Waals surface area contributed by atoms with Crippen LogP contribution in [0.4, 0.5) is 5.69 Å². The monoisotopic (exact) mass is 522 g/mol. The van der Waals surface area contributed by atoms with E-state index < -0.39 is 10.0 Å². The van der Waals surface area contributed by atoms with Crippen LogP contribution in [0.15, 0.2) is 53.5 Å². The van der Waals surface area contributed by atoms with Gasteiger partial charge in [0.15, 0.2) is 5.96 Å². The third-order valence-corrected chi connectivity index (χ3v) is 4.24. The Labute approximate surface area is 182 Å². The molecule has 0 unspecified atom stereocenters.